The van der Waals surface area contributed by atoms with Gasteiger partial charge in [0.25, 0.3) is 0 Å². The Labute approximate surface area is 250 Å². The molecule has 1 N–H and O–H groups in total. The monoisotopic (exact) mass is 602 g/mol. The second-order valence-electron chi connectivity index (χ2n) is 9.87. The summed E-state index contributed by atoms with van der Waals surface area (Å²) in [5.74, 6) is 0.396. The molecule has 1 fully saturated rings. The molecule has 3 aromatic rings. The Morgan fingerprint density at radius 3 is 2.28 bits per heavy atom. The van der Waals surface area contributed by atoms with Gasteiger partial charge in [-0.3, -0.25) is 9.59 Å². The summed E-state index contributed by atoms with van der Waals surface area (Å²) < 4.78 is 0. The van der Waals surface area contributed by atoms with Gasteiger partial charge in [0.15, 0.2) is 0 Å². The maximum absolute atomic E-state index is 13.8. The first-order valence-electron chi connectivity index (χ1n) is 13.3. The summed E-state index contributed by atoms with van der Waals surface area (Å²) in [6, 6.07) is 22.3. The first-order chi connectivity index (χ1) is 18.9. The molecule has 1 aliphatic rings. The summed E-state index contributed by atoms with van der Waals surface area (Å²) in [5.41, 5.74) is 1.83. The van der Waals surface area contributed by atoms with Crippen molar-refractivity contribution >= 4 is 58.4 Å². The normalized spacial score (nSPS) is 14.5. The van der Waals surface area contributed by atoms with Crippen molar-refractivity contribution in [3.63, 3.8) is 0 Å². The van der Waals surface area contributed by atoms with E-state index < -0.39 is 6.04 Å². The van der Waals surface area contributed by atoms with Crippen LogP contribution in [0.1, 0.15) is 49.7 Å². The average Bonchev–Trinajstić information content (AvgIpc) is 2.94. The summed E-state index contributed by atoms with van der Waals surface area (Å²) in [7, 11) is 0. The van der Waals surface area contributed by atoms with Crippen LogP contribution in [0.5, 0.6) is 0 Å². The van der Waals surface area contributed by atoms with Gasteiger partial charge in [-0.1, -0.05) is 90.5 Å². The number of thioether (sulfide) groups is 1. The number of carbonyl (C=O) groups is 2. The molecule has 0 spiro atoms. The minimum atomic E-state index is -0.656. The molecule has 2 amide bonds. The molecule has 206 valence electrons. The minimum Gasteiger partial charge on any atom is -0.352 e. The van der Waals surface area contributed by atoms with E-state index in [4.69, 9.17) is 34.8 Å². The second kappa shape index (κ2) is 15.0. The Morgan fingerprint density at radius 2 is 1.59 bits per heavy atom. The SMILES string of the molecule is O=C(NC1CCCCC1)C(Cc1ccccc1)N(Cc1ccc(Cl)c(Cl)c1)C(=O)CCSc1ccc(Cl)cc1. The Hall–Kier alpha value is -2.18. The van der Waals surface area contributed by atoms with Gasteiger partial charge >= 0.3 is 0 Å². The molecule has 0 radical (unpaired) electrons. The zero-order valence-corrected chi connectivity index (χ0v) is 24.8. The quantitative estimate of drug-likeness (QED) is 0.225. The van der Waals surface area contributed by atoms with Crippen LogP contribution >= 0.6 is 46.6 Å². The largest absolute Gasteiger partial charge is 0.352 e. The van der Waals surface area contributed by atoms with E-state index in [1.54, 1.807) is 28.8 Å². The van der Waals surface area contributed by atoms with E-state index in [2.05, 4.69) is 5.32 Å². The maximum atomic E-state index is 13.8. The molecule has 0 aromatic heterocycles. The molecule has 3 aromatic carbocycles. The molecule has 0 saturated heterocycles. The highest BCUT2D eigenvalue weighted by molar-refractivity contribution is 7.99. The van der Waals surface area contributed by atoms with Gasteiger partial charge in [0.1, 0.15) is 6.04 Å². The molecule has 0 bridgehead atoms. The van der Waals surface area contributed by atoms with Crippen LogP contribution in [0.15, 0.2) is 77.7 Å². The van der Waals surface area contributed by atoms with Crippen LogP contribution in [0.25, 0.3) is 0 Å². The average molecular weight is 604 g/mol. The first kappa shape index (κ1) is 29.8. The van der Waals surface area contributed by atoms with Crippen LogP contribution in [0.3, 0.4) is 0 Å². The van der Waals surface area contributed by atoms with Crippen molar-refractivity contribution in [3.05, 3.63) is 99.0 Å². The van der Waals surface area contributed by atoms with Gasteiger partial charge < -0.3 is 10.2 Å². The van der Waals surface area contributed by atoms with E-state index in [0.717, 1.165) is 41.7 Å². The second-order valence-corrected chi connectivity index (χ2v) is 12.3. The molecule has 8 heteroatoms. The number of benzene rings is 3. The number of nitrogens with zero attached hydrogens (tertiary/aromatic N) is 1. The Kier molecular flexibility index (Phi) is 11.5. The van der Waals surface area contributed by atoms with Crippen molar-refractivity contribution in [2.75, 3.05) is 5.75 Å². The fourth-order valence-corrected chi connectivity index (χ4v) is 6.15. The molecule has 4 nitrogen and oxygen atoms in total. The topological polar surface area (TPSA) is 49.4 Å². The van der Waals surface area contributed by atoms with Gasteiger partial charge in [-0.15, -0.1) is 11.8 Å². The maximum Gasteiger partial charge on any atom is 0.243 e. The molecule has 39 heavy (non-hydrogen) atoms. The lowest BCUT2D eigenvalue weighted by Gasteiger charge is -2.33. The number of halogens is 3. The number of nitrogens with one attached hydrogen (secondary N) is 1. The summed E-state index contributed by atoms with van der Waals surface area (Å²) in [6.07, 6.45) is 6.09. The third-order valence-corrected chi connectivity index (χ3v) is 8.96. The molecule has 1 unspecified atom stereocenters. The van der Waals surface area contributed by atoms with E-state index >= 15 is 0 Å². The lowest BCUT2D eigenvalue weighted by atomic mass is 9.94. The number of rotatable bonds is 11. The summed E-state index contributed by atoms with van der Waals surface area (Å²) in [6.45, 7) is 0.261. The number of amides is 2. The third kappa shape index (κ3) is 9.18. The molecular weight excluding hydrogens is 571 g/mol. The summed E-state index contributed by atoms with van der Waals surface area (Å²) in [5, 5.41) is 4.82. The fraction of sp³-hybridized carbons (Fsp3) is 0.355. The van der Waals surface area contributed by atoms with Crippen LogP contribution in [0.4, 0.5) is 0 Å². The molecule has 0 heterocycles. The van der Waals surface area contributed by atoms with Crippen LogP contribution in [-0.4, -0.2) is 34.6 Å². The summed E-state index contributed by atoms with van der Waals surface area (Å²) >= 11 is 20.1. The van der Waals surface area contributed by atoms with Crippen molar-refractivity contribution in [3.8, 4) is 0 Å². The van der Waals surface area contributed by atoms with Crippen LogP contribution in [0, 0.1) is 0 Å². The standard InChI is InChI=1S/C31H33Cl3N2O2S/c32-24-12-14-26(15-13-24)39-18-17-30(37)36(21-23-11-16-27(33)28(34)19-23)29(20-22-7-3-1-4-8-22)31(38)35-25-9-5-2-6-10-25/h1,3-4,7-8,11-16,19,25,29H,2,5-6,9-10,17-18,20-21H2,(H,35,38). The van der Waals surface area contributed by atoms with Gasteiger partial charge in [-0.2, -0.15) is 0 Å². The fourth-order valence-electron chi connectivity index (χ4n) is 4.86. The smallest absolute Gasteiger partial charge is 0.243 e. The molecule has 1 aliphatic carbocycles. The van der Waals surface area contributed by atoms with Crippen molar-refractivity contribution in [2.24, 2.45) is 0 Å². The van der Waals surface area contributed by atoms with E-state index in [1.807, 2.05) is 60.7 Å². The van der Waals surface area contributed by atoms with Crippen LogP contribution in [-0.2, 0) is 22.6 Å². The minimum absolute atomic E-state index is 0.0812. The van der Waals surface area contributed by atoms with Gasteiger partial charge in [0, 0.05) is 41.1 Å². The van der Waals surface area contributed by atoms with E-state index in [-0.39, 0.29) is 30.8 Å². The van der Waals surface area contributed by atoms with Gasteiger partial charge in [-0.25, -0.2) is 0 Å². The molecule has 0 aliphatic heterocycles. The lowest BCUT2D eigenvalue weighted by Crippen LogP contribution is -2.52. The van der Waals surface area contributed by atoms with Gasteiger partial charge in [0.05, 0.1) is 10.0 Å². The highest BCUT2D eigenvalue weighted by Crippen LogP contribution is 2.26. The van der Waals surface area contributed by atoms with E-state index in [9.17, 15) is 9.59 Å². The van der Waals surface area contributed by atoms with Crippen LogP contribution < -0.4 is 5.32 Å². The first-order valence-corrected chi connectivity index (χ1v) is 15.5. The number of carbonyl (C=O) groups excluding carboxylic acids is 2. The van der Waals surface area contributed by atoms with Crippen molar-refractivity contribution < 1.29 is 9.59 Å². The zero-order chi connectivity index (χ0) is 27.6. The van der Waals surface area contributed by atoms with E-state index in [0.29, 0.717) is 27.2 Å². The molecule has 1 saturated carbocycles. The molecule has 1 atom stereocenters. The Bertz CT molecular complexity index is 1230. The molecular formula is C31H33Cl3N2O2S. The molecule has 4 rings (SSSR count). The predicted octanol–water partition coefficient (Wildman–Crippen LogP) is 8.22. The Morgan fingerprint density at radius 1 is 0.872 bits per heavy atom. The Balaban J connectivity index is 1.57. The van der Waals surface area contributed by atoms with E-state index in [1.165, 1.54) is 6.42 Å². The van der Waals surface area contributed by atoms with Crippen molar-refractivity contribution in [2.45, 2.75) is 68.5 Å². The number of hydrogen-bond acceptors (Lipinski definition) is 3. The zero-order valence-electron chi connectivity index (χ0n) is 21.8. The van der Waals surface area contributed by atoms with Gasteiger partial charge in [0.2, 0.25) is 11.8 Å². The highest BCUT2D eigenvalue weighted by atomic mass is 35.5. The predicted molar refractivity (Wildman–Crippen MR) is 163 cm³/mol. The highest BCUT2D eigenvalue weighted by Gasteiger charge is 2.31. The van der Waals surface area contributed by atoms with Crippen molar-refractivity contribution in [1.82, 2.24) is 10.2 Å². The van der Waals surface area contributed by atoms with Gasteiger partial charge in [-0.05, 0) is 60.4 Å². The summed E-state index contributed by atoms with van der Waals surface area (Å²) in [4.78, 5) is 30.4. The lowest BCUT2D eigenvalue weighted by molar-refractivity contribution is -0.141. The number of hydrogen-bond donors (Lipinski definition) is 1. The third-order valence-electron chi connectivity index (χ3n) is 6.96. The van der Waals surface area contributed by atoms with Crippen molar-refractivity contribution in [1.29, 1.82) is 0 Å². The van der Waals surface area contributed by atoms with Crippen LogP contribution in [0.2, 0.25) is 15.1 Å².